The number of rotatable bonds is 7. The van der Waals surface area contributed by atoms with Crippen LogP contribution in [0.1, 0.15) is 25.2 Å². The summed E-state index contributed by atoms with van der Waals surface area (Å²) in [5, 5.41) is 0. The Bertz CT molecular complexity index is 384. The molecule has 0 aliphatic heterocycles. The van der Waals surface area contributed by atoms with E-state index in [-0.39, 0.29) is 5.78 Å². The van der Waals surface area contributed by atoms with Gasteiger partial charge in [-0.1, -0.05) is 44.2 Å². The molecule has 0 fully saturated rings. The lowest BCUT2D eigenvalue weighted by Crippen LogP contribution is -2.29. The number of hydrogen-bond donors (Lipinski definition) is 0. The largest absolute Gasteiger partial charge is 0.351 e. The summed E-state index contributed by atoms with van der Waals surface area (Å²) in [4.78, 5) is 2.09. The van der Waals surface area contributed by atoms with Gasteiger partial charge in [-0.05, 0) is 18.7 Å². The Hall–Kier alpha value is -0.670. The van der Waals surface area contributed by atoms with E-state index < -0.39 is 7.60 Å². The van der Waals surface area contributed by atoms with E-state index >= 15 is 0 Å². The van der Waals surface area contributed by atoms with Crippen molar-refractivity contribution in [2.24, 2.45) is 0 Å². The van der Waals surface area contributed by atoms with Gasteiger partial charge in [0.1, 0.15) is 5.78 Å². The van der Waals surface area contributed by atoms with Crippen molar-refractivity contribution in [3.63, 3.8) is 0 Å². The monoisotopic (exact) mass is 271 g/mol. The van der Waals surface area contributed by atoms with Crippen LogP contribution >= 0.6 is 7.60 Å². The molecule has 0 heterocycles. The molecule has 1 aromatic carbocycles. The molecule has 0 saturated heterocycles. The maximum atomic E-state index is 12.7. The summed E-state index contributed by atoms with van der Waals surface area (Å²) in [6.45, 7) is 5.64. The number of hydrogen-bond acceptors (Lipinski definition) is 4. The molecule has 0 aliphatic rings. The van der Waals surface area contributed by atoms with Crippen molar-refractivity contribution in [3.05, 3.63) is 35.9 Å². The minimum Gasteiger partial charge on any atom is -0.311 e. The smallest absolute Gasteiger partial charge is 0.311 e. The van der Waals surface area contributed by atoms with Crippen molar-refractivity contribution >= 4 is 7.60 Å². The van der Waals surface area contributed by atoms with Crippen molar-refractivity contribution < 1.29 is 13.6 Å². The Kier molecular flexibility index (Phi) is 6.03. The predicted molar refractivity (Wildman–Crippen MR) is 73.7 cm³/mol. The van der Waals surface area contributed by atoms with Gasteiger partial charge in [0, 0.05) is 14.2 Å². The minimum atomic E-state index is -3.18. The molecule has 0 spiro atoms. The molecule has 0 aliphatic carbocycles. The van der Waals surface area contributed by atoms with Gasteiger partial charge in [0.05, 0.1) is 0 Å². The Labute approximate surface area is 109 Å². The molecule has 102 valence electrons. The van der Waals surface area contributed by atoms with Crippen molar-refractivity contribution in [1.82, 2.24) is 4.90 Å². The third-order valence-electron chi connectivity index (χ3n) is 3.06. The van der Waals surface area contributed by atoms with Crippen LogP contribution in [0.3, 0.4) is 0 Å². The molecular formula is C13H22NO3P. The number of nitrogens with zero attached hydrogens (tertiary/aromatic N) is 1. The normalized spacial score (nSPS) is 13.8. The van der Waals surface area contributed by atoms with Crippen LogP contribution in [-0.2, 0) is 13.6 Å². The van der Waals surface area contributed by atoms with Gasteiger partial charge < -0.3 is 9.05 Å². The highest BCUT2D eigenvalue weighted by Gasteiger charge is 2.38. The van der Waals surface area contributed by atoms with Crippen LogP contribution in [-0.4, -0.2) is 32.2 Å². The second-order valence-corrected chi connectivity index (χ2v) is 6.21. The molecule has 0 bridgehead atoms. The molecule has 1 aromatic rings. The first kappa shape index (κ1) is 15.4. The first-order chi connectivity index (χ1) is 8.62. The Morgan fingerprint density at radius 1 is 1.11 bits per heavy atom. The van der Waals surface area contributed by atoms with E-state index in [9.17, 15) is 4.57 Å². The van der Waals surface area contributed by atoms with Gasteiger partial charge in [-0.2, -0.15) is 0 Å². The maximum absolute atomic E-state index is 12.7. The lowest BCUT2D eigenvalue weighted by Gasteiger charge is -2.33. The second kappa shape index (κ2) is 7.05. The third kappa shape index (κ3) is 3.21. The molecule has 0 saturated carbocycles. The molecule has 1 atom stereocenters. The summed E-state index contributed by atoms with van der Waals surface area (Å²) in [7, 11) is -0.308. The topological polar surface area (TPSA) is 38.8 Å². The maximum Gasteiger partial charge on any atom is 0.351 e. The van der Waals surface area contributed by atoms with Gasteiger partial charge in [0.25, 0.3) is 0 Å². The van der Waals surface area contributed by atoms with Gasteiger partial charge in [0.2, 0.25) is 0 Å². The lowest BCUT2D eigenvalue weighted by molar-refractivity contribution is 0.199. The highest BCUT2D eigenvalue weighted by atomic mass is 31.2. The summed E-state index contributed by atoms with van der Waals surface area (Å²) in [5.74, 6) is -0.358. The zero-order valence-electron chi connectivity index (χ0n) is 11.5. The van der Waals surface area contributed by atoms with Gasteiger partial charge in [-0.3, -0.25) is 9.46 Å². The molecule has 0 N–H and O–H groups in total. The lowest BCUT2D eigenvalue weighted by atomic mass is 10.2. The molecule has 1 rings (SSSR count). The van der Waals surface area contributed by atoms with E-state index in [0.29, 0.717) is 0 Å². The number of benzene rings is 1. The Morgan fingerprint density at radius 2 is 1.61 bits per heavy atom. The van der Waals surface area contributed by atoms with Gasteiger partial charge in [-0.15, -0.1) is 0 Å². The average molecular weight is 271 g/mol. The Balaban J connectivity index is 3.22. The van der Waals surface area contributed by atoms with Crippen molar-refractivity contribution in [2.75, 3.05) is 27.3 Å². The molecule has 0 radical (unpaired) electrons. The second-order valence-electron chi connectivity index (χ2n) is 3.91. The van der Waals surface area contributed by atoms with Crippen LogP contribution in [0.25, 0.3) is 0 Å². The zero-order chi connectivity index (χ0) is 13.6. The van der Waals surface area contributed by atoms with Crippen molar-refractivity contribution in [2.45, 2.75) is 19.6 Å². The standard InChI is InChI=1S/C13H22NO3P/c1-5-14(6-2)13(18(15,16-3)17-4)12-10-8-7-9-11-12/h7-11,13H,5-6H2,1-4H3. The molecule has 0 aromatic heterocycles. The molecule has 5 heteroatoms. The van der Waals surface area contributed by atoms with Gasteiger partial charge >= 0.3 is 7.60 Å². The molecule has 4 nitrogen and oxygen atoms in total. The highest BCUT2D eigenvalue weighted by Crippen LogP contribution is 2.61. The van der Waals surface area contributed by atoms with Crippen LogP contribution < -0.4 is 0 Å². The van der Waals surface area contributed by atoms with Crippen molar-refractivity contribution in [1.29, 1.82) is 0 Å². The van der Waals surface area contributed by atoms with Crippen LogP contribution in [0.4, 0.5) is 0 Å². The van der Waals surface area contributed by atoms with E-state index in [1.165, 1.54) is 14.2 Å². The van der Waals surface area contributed by atoms with E-state index in [2.05, 4.69) is 4.90 Å². The zero-order valence-corrected chi connectivity index (χ0v) is 12.4. The first-order valence-corrected chi connectivity index (χ1v) is 7.74. The fraction of sp³-hybridized carbons (Fsp3) is 0.538. The van der Waals surface area contributed by atoms with E-state index in [1.54, 1.807) is 0 Å². The highest BCUT2D eigenvalue weighted by molar-refractivity contribution is 7.54. The Morgan fingerprint density at radius 3 is 2.00 bits per heavy atom. The van der Waals surface area contributed by atoms with Crippen LogP contribution in [0.15, 0.2) is 30.3 Å². The summed E-state index contributed by atoms with van der Waals surface area (Å²) in [5.41, 5.74) is 0.952. The SMILES string of the molecule is CCN(CC)C(c1ccccc1)P(=O)(OC)OC. The van der Waals surface area contributed by atoms with E-state index in [4.69, 9.17) is 9.05 Å². The quantitative estimate of drug-likeness (QED) is 0.711. The average Bonchev–Trinajstić information content (AvgIpc) is 2.44. The van der Waals surface area contributed by atoms with Crippen molar-refractivity contribution in [3.8, 4) is 0 Å². The molecule has 18 heavy (non-hydrogen) atoms. The fourth-order valence-corrected chi connectivity index (χ4v) is 3.87. The van der Waals surface area contributed by atoms with Gasteiger partial charge in [-0.25, -0.2) is 0 Å². The molecule has 0 amide bonds. The fourth-order valence-electron chi connectivity index (χ4n) is 2.06. The first-order valence-electron chi connectivity index (χ1n) is 6.13. The minimum absolute atomic E-state index is 0.358. The third-order valence-corrected chi connectivity index (χ3v) is 5.31. The summed E-state index contributed by atoms with van der Waals surface area (Å²) >= 11 is 0. The molecule has 1 unspecified atom stereocenters. The summed E-state index contributed by atoms with van der Waals surface area (Å²) in [6.07, 6.45) is 0. The predicted octanol–water partition coefficient (Wildman–Crippen LogP) is 3.51. The van der Waals surface area contributed by atoms with E-state index in [1.807, 2.05) is 44.2 Å². The molecular weight excluding hydrogens is 249 g/mol. The van der Waals surface area contributed by atoms with Crippen LogP contribution in [0.5, 0.6) is 0 Å². The van der Waals surface area contributed by atoms with Gasteiger partial charge in [0.15, 0.2) is 0 Å². The van der Waals surface area contributed by atoms with Crippen LogP contribution in [0.2, 0.25) is 0 Å². The summed E-state index contributed by atoms with van der Waals surface area (Å²) < 4.78 is 23.1. The van der Waals surface area contributed by atoms with E-state index in [0.717, 1.165) is 18.7 Å². The summed E-state index contributed by atoms with van der Waals surface area (Å²) in [6, 6.07) is 9.71. The van der Waals surface area contributed by atoms with Crippen LogP contribution in [0, 0.1) is 0 Å².